The first kappa shape index (κ1) is 19.6. The molecule has 144 valence electrons. The van der Waals surface area contributed by atoms with Crippen LogP contribution < -0.4 is 10.6 Å². The number of para-hydroxylation sites is 2. The lowest BCUT2D eigenvalue weighted by molar-refractivity contribution is -0.383. The van der Waals surface area contributed by atoms with Gasteiger partial charge in [-0.2, -0.15) is 5.10 Å². The highest BCUT2D eigenvalue weighted by Crippen LogP contribution is 2.32. The molecule has 3 aromatic rings. The van der Waals surface area contributed by atoms with Crippen molar-refractivity contribution in [2.75, 3.05) is 17.2 Å². The highest BCUT2D eigenvalue weighted by atomic mass is 79.9. The van der Waals surface area contributed by atoms with Gasteiger partial charge in [-0.25, -0.2) is 0 Å². The van der Waals surface area contributed by atoms with Crippen LogP contribution in [0.3, 0.4) is 0 Å². The van der Waals surface area contributed by atoms with Crippen molar-refractivity contribution in [2.24, 2.45) is 7.05 Å². The van der Waals surface area contributed by atoms with E-state index in [1.54, 1.807) is 29.9 Å². The van der Waals surface area contributed by atoms with Crippen molar-refractivity contribution < 1.29 is 9.72 Å². The third kappa shape index (κ3) is 4.20. The molecule has 0 fully saturated rings. The van der Waals surface area contributed by atoms with Crippen LogP contribution in [0.15, 0.2) is 53.0 Å². The molecule has 2 N–H and O–H groups in total. The summed E-state index contributed by atoms with van der Waals surface area (Å²) < 4.78 is 2.56. The molecule has 0 radical (unpaired) electrons. The number of benzene rings is 2. The maximum absolute atomic E-state index is 12.5. The number of hydrogen-bond acceptors (Lipinski definition) is 5. The van der Waals surface area contributed by atoms with Gasteiger partial charge in [-0.05, 0) is 30.7 Å². The van der Waals surface area contributed by atoms with E-state index in [1.165, 1.54) is 6.07 Å². The van der Waals surface area contributed by atoms with E-state index >= 15 is 0 Å². The van der Waals surface area contributed by atoms with Crippen molar-refractivity contribution in [1.82, 2.24) is 9.78 Å². The van der Waals surface area contributed by atoms with Crippen molar-refractivity contribution in [2.45, 2.75) is 6.92 Å². The van der Waals surface area contributed by atoms with Crippen LogP contribution >= 0.6 is 15.9 Å². The smallest absolute Gasteiger partial charge is 0.292 e. The van der Waals surface area contributed by atoms with Crippen LogP contribution in [0, 0.1) is 17.0 Å². The summed E-state index contributed by atoms with van der Waals surface area (Å²) in [7, 11) is 1.75. The molecule has 1 amide bonds. The highest BCUT2D eigenvalue weighted by molar-refractivity contribution is 9.10. The van der Waals surface area contributed by atoms with Crippen molar-refractivity contribution in [3.63, 3.8) is 0 Å². The van der Waals surface area contributed by atoms with E-state index in [2.05, 4.69) is 31.7 Å². The molecule has 0 saturated heterocycles. The van der Waals surface area contributed by atoms with Crippen LogP contribution in [0.1, 0.15) is 5.69 Å². The summed E-state index contributed by atoms with van der Waals surface area (Å²) in [6.07, 6.45) is 0. The van der Waals surface area contributed by atoms with E-state index in [9.17, 15) is 14.9 Å². The third-order valence-electron chi connectivity index (χ3n) is 4.15. The number of aryl methyl sites for hydroxylation is 2. The molecule has 0 aliphatic carbocycles. The molecule has 8 nitrogen and oxygen atoms in total. The lowest BCUT2D eigenvalue weighted by atomic mass is 10.1. The maximum atomic E-state index is 12.5. The second-order valence-electron chi connectivity index (χ2n) is 6.12. The first-order valence-electron chi connectivity index (χ1n) is 8.43. The molecule has 0 atom stereocenters. The number of nitrogens with one attached hydrogen (secondary N) is 2. The van der Waals surface area contributed by atoms with Gasteiger partial charge in [0.05, 0.1) is 17.2 Å². The van der Waals surface area contributed by atoms with Gasteiger partial charge in [-0.15, -0.1) is 0 Å². The number of nitro benzene ring substituents is 1. The molecule has 0 aliphatic rings. The normalized spacial score (nSPS) is 10.5. The second-order valence-corrected chi connectivity index (χ2v) is 7.03. The van der Waals surface area contributed by atoms with Gasteiger partial charge < -0.3 is 10.6 Å². The van der Waals surface area contributed by atoms with E-state index in [0.717, 1.165) is 21.3 Å². The second kappa shape index (κ2) is 8.22. The zero-order valence-electron chi connectivity index (χ0n) is 15.3. The molecule has 0 unspecified atom stereocenters. The quantitative estimate of drug-likeness (QED) is 0.440. The Morgan fingerprint density at radius 2 is 1.89 bits per heavy atom. The third-order valence-corrected chi connectivity index (χ3v) is 4.68. The number of nitro groups is 1. The number of hydrogen-bond donors (Lipinski definition) is 2. The Bertz CT molecular complexity index is 1030. The van der Waals surface area contributed by atoms with Crippen LogP contribution in [0.5, 0.6) is 0 Å². The summed E-state index contributed by atoms with van der Waals surface area (Å²) in [4.78, 5) is 23.1. The topological polar surface area (TPSA) is 102 Å². The minimum Gasteiger partial charge on any atom is -0.371 e. The minimum absolute atomic E-state index is 0.0813. The van der Waals surface area contributed by atoms with Gasteiger partial charge in [0.2, 0.25) is 5.91 Å². The molecule has 2 aromatic carbocycles. The van der Waals surface area contributed by atoms with Gasteiger partial charge in [0.1, 0.15) is 11.5 Å². The average Bonchev–Trinajstić information content (AvgIpc) is 2.94. The summed E-state index contributed by atoms with van der Waals surface area (Å²) >= 11 is 3.41. The van der Waals surface area contributed by atoms with Crippen molar-refractivity contribution in [3.05, 3.63) is 68.8 Å². The van der Waals surface area contributed by atoms with Crippen LogP contribution in [-0.4, -0.2) is 27.2 Å². The van der Waals surface area contributed by atoms with Gasteiger partial charge >= 0.3 is 0 Å². The number of carbonyl (C=O) groups is 1. The fraction of sp³-hybridized carbons (Fsp3) is 0.158. The summed E-state index contributed by atoms with van der Waals surface area (Å²) in [6.45, 7) is 1.76. The Hall–Kier alpha value is -3.20. The van der Waals surface area contributed by atoms with Gasteiger partial charge in [-0.1, -0.05) is 40.2 Å². The fourth-order valence-corrected chi connectivity index (χ4v) is 3.16. The van der Waals surface area contributed by atoms with Gasteiger partial charge in [-0.3, -0.25) is 19.6 Å². The first-order valence-corrected chi connectivity index (χ1v) is 9.23. The number of aromatic nitrogens is 2. The Morgan fingerprint density at radius 3 is 2.57 bits per heavy atom. The lowest BCUT2D eigenvalue weighted by Crippen LogP contribution is -2.23. The van der Waals surface area contributed by atoms with Gasteiger partial charge in [0, 0.05) is 23.2 Å². The number of carbonyl (C=O) groups excluding carboxylic acids is 1. The minimum atomic E-state index is -0.490. The lowest BCUT2D eigenvalue weighted by Gasteiger charge is -2.11. The standard InChI is InChI=1S/C19H18BrN5O3/c1-12-18(13-7-9-14(20)10-8-13)19(24(2)23-12)22-17(26)11-21-15-5-3-4-6-16(15)25(27)28/h3-10,21H,11H2,1-2H3,(H,22,26). The highest BCUT2D eigenvalue weighted by Gasteiger charge is 2.18. The zero-order valence-corrected chi connectivity index (χ0v) is 16.9. The van der Waals surface area contributed by atoms with E-state index in [4.69, 9.17) is 0 Å². The molecule has 0 spiro atoms. The molecule has 1 aromatic heterocycles. The van der Waals surface area contributed by atoms with E-state index in [0.29, 0.717) is 5.82 Å². The average molecular weight is 444 g/mol. The zero-order chi connectivity index (χ0) is 20.3. The van der Waals surface area contributed by atoms with Gasteiger partial charge in [0.25, 0.3) is 5.69 Å². The van der Waals surface area contributed by atoms with E-state index in [1.807, 2.05) is 31.2 Å². The Morgan fingerprint density at radius 1 is 1.21 bits per heavy atom. The van der Waals surface area contributed by atoms with Crippen LogP contribution in [-0.2, 0) is 11.8 Å². The molecule has 0 bridgehead atoms. The number of rotatable bonds is 6. The SMILES string of the molecule is Cc1nn(C)c(NC(=O)CNc2ccccc2[N+](=O)[O-])c1-c1ccc(Br)cc1. The molecule has 0 aliphatic heterocycles. The number of anilines is 2. The van der Waals surface area contributed by atoms with Crippen molar-refractivity contribution >= 4 is 39.0 Å². The fourth-order valence-electron chi connectivity index (χ4n) is 2.90. The van der Waals surface area contributed by atoms with Crippen LogP contribution in [0.25, 0.3) is 11.1 Å². The van der Waals surface area contributed by atoms with Crippen LogP contribution in [0.2, 0.25) is 0 Å². The van der Waals surface area contributed by atoms with Crippen molar-refractivity contribution in [1.29, 1.82) is 0 Å². The van der Waals surface area contributed by atoms with E-state index < -0.39 is 4.92 Å². The van der Waals surface area contributed by atoms with Crippen molar-refractivity contribution in [3.8, 4) is 11.1 Å². The monoisotopic (exact) mass is 443 g/mol. The van der Waals surface area contributed by atoms with Crippen LogP contribution in [0.4, 0.5) is 17.2 Å². The largest absolute Gasteiger partial charge is 0.371 e. The Balaban J connectivity index is 1.78. The summed E-state index contributed by atoms with van der Waals surface area (Å²) in [5.41, 5.74) is 2.75. The van der Waals surface area contributed by atoms with Gasteiger partial charge in [0.15, 0.2) is 0 Å². The number of amides is 1. The first-order chi connectivity index (χ1) is 13.4. The molecule has 28 heavy (non-hydrogen) atoms. The van der Waals surface area contributed by atoms with E-state index in [-0.39, 0.29) is 23.8 Å². The summed E-state index contributed by atoms with van der Waals surface area (Å²) in [5.74, 6) is 0.230. The number of halogens is 1. The molecule has 1 heterocycles. The molecular formula is C19H18BrN5O3. The Labute approximate surface area is 169 Å². The molecule has 0 saturated carbocycles. The molecule has 9 heteroatoms. The summed E-state index contributed by atoms with van der Waals surface area (Å²) in [6, 6.07) is 13.9. The molecule has 3 rings (SSSR count). The predicted octanol–water partition coefficient (Wildman–Crippen LogP) is 4.12. The predicted molar refractivity (Wildman–Crippen MR) is 111 cm³/mol. The summed E-state index contributed by atoms with van der Waals surface area (Å²) in [5, 5.41) is 21.1. The Kier molecular flexibility index (Phi) is 5.74. The molecular weight excluding hydrogens is 426 g/mol. The maximum Gasteiger partial charge on any atom is 0.292 e. The number of nitrogens with zero attached hydrogens (tertiary/aromatic N) is 3.